The second-order valence-electron chi connectivity index (χ2n) is 19.0. The number of rotatable bonds is 11. The quantitative estimate of drug-likeness (QED) is 0.150. The Kier molecular flexibility index (Phi) is 13.4. The molecule has 362 valence electrons. The third-order valence-corrected chi connectivity index (χ3v) is 14.3. The third-order valence-electron chi connectivity index (χ3n) is 13.7. The van der Waals surface area contributed by atoms with E-state index in [4.69, 9.17) is 42.6 Å². The minimum atomic E-state index is -2.31. The summed E-state index contributed by atoms with van der Waals surface area (Å²) in [7, 11) is 1.27. The molecule has 12 atom stereocenters. The lowest BCUT2D eigenvalue weighted by molar-refractivity contribution is -0.344. The molecule has 0 unspecified atom stereocenters. The van der Waals surface area contributed by atoms with Gasteiger partial charge in [0.25, 0.3) is 0 Å². The number of ether oxygens (including phenoxy) is 9. The van der Waals surface area contributed by atoms with Gasteiger partial charge in [0.15, 0.2) is 35.8 Å². The second-order valence-corrected chi connectivity index (χ2v) is 20.2. The molecule has 3 aliphatic carbocycles. The number of aliphatic hydroxyl groups excluding tert-OH is 1. The van der Waals surface area contributed by atoms with Gasteiger partial charge < -0.3 is 53.1 Å². The summed E-state index contributed by atoms with van der Waals surface area (Å²) >= 11 is 0.851. The number of carbonyl (C=O) groups is 7. The standard InChI is InChI=1S/C48H57NO17S/c1-11-67-43(57)60-28-22-29-47(23-59-29,64-25(3)50)35-38(62-39(53)27-20-16-13-17-21-27)48-37(63-42(56)66-48)33(24(2)30(45(48,7)8)34(58-10)36(52)46(28,35)9)61-40(54)32(51)31(26-18-14-12-15-19-26)49-41(55)65-44(4,5)6/h12-21,28-29,31-35,37-38,51H,11,22-23H2,1-10H3,(H,49,55)/t28-,29+,31-,32+,33+,34+,35-,37-,38-,46+,47-,48+/m0/s1. The van der Waals surface area contributed by atoms with E-state index in [1.165, 1.54) is 33.1 Å². The first-order valence-electron chi connectivity index (χ1n) is 22.0. The number of alkyl carbamates (subject to hydrolysis) is 1. The van der Waals surface area contributed by atoms with Crippen molar-refractivity contribution >= 4 is 53.0 Å². The number of ketones is 1. The highest BCUT2D eigenvalue weighted by molar-refractivity contribution is 8.13. The minimum absolute atomic E-state index is 0.0442. The van der Waals surface area contributed by atoms with Crippen LogP contribution in [-0.4, -0.2) is 125 Å². The van der Waals surface area contributed by atoms with E-state index in [1.54, 1.807) is 90.1 Å². The van der Waals surface area contributed by atoms with Crippen molar-refractivity contribution in [3.8, 4) is 0 Å². The van der Waals surface area contributed by atoms with Crippen LogP contribution in [0.25, 0.3) is 0 Å². The Balaban J connectivity index is 1.47. The average Bonchev–Trinajstić information content (AvgIpc) is 3.63. The molecule has 2 aliphatic heterocycles. The number of hydrogen-bond donors (Lipinski definition) is 2. The molecule has 5 aliphatic rings. The van der Waals surface area contributed by atoms with Crippen LogP contribution in [0.15, 0.2) is 71.8 Å². The van der Waals surface area contributed by atoms with Crippen LogP contribution < -0.4 is 5.32 Å². The van der Waals surface area contributed by atoms with E-state index in [2.05, 4.69) is 5.32 Å². The molecule has 1 amide bonds. The van der Waals surface area contributed by atoms with Crippen molar-refractivity contribution in [1.82, 2.24) is 5.32 Å². The van der Waals surface area contributed by atoms with Crippen LogP contribution in [0.2, 0.25) is 0 Å². The van der Waals surface area contributed by atoms with Crippen molar-refractivity contribution < 1.29 is 81.3 Å². The van der Waals surface area contributed by atoms with Gasteiger partial charge in [-0.05, 0) is 75.2 Å². The molecule has 2 saturated heterocycles. The van der Waals surface area contributed by atoms with Crippen LogP contribution in [0.4, 0.5) is 14.4 Å². The van der Waals surface area contributed by atoms with Gasteiger partial charge in [-0.25, -0.2) is 24.0 Å². The SMILES string of the molecule is CCSC(=O)O[C@H]1C[C@H]2OC[C@@]2(OC(C)=O)[C@H]2[C@H](OC(=O)c3ccccc3)[C@]34OC(=O)O[C@H]3[C@H](OC(=O)[C@H](O)[C@@H](NC(=O)OC(C)(C)C)c3ccccc3)C(C)=C([C@@H](OC)C(=O)[C@]12C)C4(C)C. The lowest BCUT2D eigenvalue weighted by Gasteiger charge is -2.67. The molecule has 0 aromatic heterocycles. The number of Topliss-reactive ketones (excluding diaryl/α,β-unsaturated/α-hetero) is 1. The molecule has 18 nitrogen and oxygen atoms in total. The summed E-state index contributed by atoms with van der Waals surface area (Å²) in [6.07, 6.45) is -13.8. The number of esters is 3. The summed E-state index contributed by atoms with van der Waals surface area (Å²) < 4.78 is 55.4. The largest absolute Gasteiger partial charge is 0.509 e. The highest BCUT2D eigenvalue weighted by atomic mass is 32.2. The van der Waals surface area contributed by atoms with Gasteiger partial charge in [-0.1, -0.05) is 69.3 Å². The van der Waals surface area contributed by atoms with Gasteiger partial charge in [0.1, 0.15) is 23.9 Å². The molecule has 7 rings (SSSR count). The monoisotopic (exact) mass is 951 g/mol. The van der Waals surface area contributed by atoms with Gasteiger partial charge in [0.2, 0.25) is 5.60 Å². The topological polar surface area (TPSA) is 235 Å². The Morgan fingerprint density at radius 3 is 2.16 bits per heavy atom. The summed E-state index contributed by atoms with van der Waals surface area (Å²) in [4.78, 5) is 99.3. The maximum absolute atomic E-state index is 16.0. The Morgan fingerprint density at radius 2 is 1.60 bits per heavy atom. The van der Waals surface area contributed by atoms with Crippen molar-refractivity contribution in [2.45, 2.75) is 134 Å². The second kappa shape index (κ2) is 18.2. The molecule has 19 heteroatoms. The summed E-state index contributed by atoms with van der Waals surface area (Å²) in [6.45, 7) is 13.8. The van der Waals surface area contributed by atoms with E-state index in [9.17, 15) is 33.9 Å². The van der Waals surface area contributed by atoms with Crippen molar-refractivity contribution in [3.05, 3.63) is 82.9 Å². The number of nitrogens with one attached hydrogen (secondary N) is 1. The molecule has 1 spiro atoms. The van der Waals surface area contributed by atoms with Gasteiger partial charge in [0, 0.05) is 31.6 Å². The predicted octanol–water partition coefficient (Wildman–Crippen LogP) is 5.96. The molecule has 4 fully saturated rings. The fourth-order valence-electron chi connectivity index (χ4n) is 10.9. The molecule has 2 aromatic carbocycles. The van der Waals surface area contributed by atoms with Crippen LogP contribution >= 0.6 is 11.8 Å². The highest BCUT2D eigenvalue weighted by Gasteiger charge is 2.83. The summed E-state index contributed by atoms with van der Waals surface area (Å²) in [6, 6.07) is 14.5. The van der Waals surface area contributed by atoms with Crippen molar-refractivity contribution in [3.63, 3.8) is 0 Å². The maximum atomic E-state index is 16.0. The average molecular weight is 952 g/mol. The molecule has 0 radical (unpaired) electrons. The first-order chi connectivity index (χ1) is 31.5. The number of amides is 1. The third kappa shape index (κ3) is 8.35. The van der Waals surface area contributed by atoms with Gasteiger partial charge in [-0.3, -0.25) is 9.59 Å². The highest BCUT2D eigenvalue weighted by Crippen LogP contribution is 2.67. The molecular formula is C48H57NO17S. The van der Waals surface area contributed by atoms with Crippen LogP contribution in [-0.2, 0) is 57.0 Å². The van der Waals surface area contributed by atoms with Gasteiger partial charge in [-0.15, -0.1) is 0 Å². The van der Waals surface area contributed by atoms with Gasteiger partial charge >= 0.3 is 35.5 Å². The lowest BCUT2D eigenvalue weighted by Crippen LogP contribution is -2.83. The summed E-state index contributed by atoms with van der Waals surface area (Å²) in [5.41, 5.74) is -8.12. The Bertz CT molecular complexity index is 2330. The summed E-state index contributed by atoms with van der Waals surface area (Å²) in [5, 5.41) is 13.7. The number of fused-ring (bicyclic) bond motifs is 4. The molecule has 2 saturated carbocycles. The molecule has 2 heterocycles. The van der Waals surface area contributed by atoms with Crippen LogP contribution in [0, 0.1) is 16.7 Å². The molecule has 2 aromatic rings. The number of methoxy groups -OCH3 is 1. The zero-order valence-electron chi connectivity index (χ0n) is 39.0. The molecule has 2 bridgehead atoms. The van der Waals surface area contributed by atoms with E-state index >= 15 is 4.79 Å². The van der Waals surface area contributed by atoms with Crippen molar-refractivity contribution in [2.75, 3.05) is 19.5 Å². The fourth-order valence-corrected chi connectivity index (χ4v) is 11.3. The predicted molar refractivity (Wildman–Crippen MR) is 235 cm³/mol. The number of benzene rings is 2. The number of carbonyl (C=O) groups excluding carboxylic acids is 7. The number of aliphatic hydroxyl groups is 1. The lowest BCUT2D eigenvalue weighted by atomic mass is 9.44. The van der Waals surface area contributed by atoms with Gasteiger partial charge in [-0.2, -0.15) is 0 Å². The normalized spacial score (nSPS) is 32.4. The Hall–Kier alpha value is -5.50. The van der Waals surface area contributed by atoms with Crippen LogP contribution in [0.1, 0.15) is 90.7 Å². The van der Waals surface area contributed by atoms with E-state index in [0.717, 1.165) is 18.7 Å². The molecular weight excluding hydrogens is 895 g/mol. The fraction of sp³-hybridized carbons (Fsp3) is 0.562. The van der Waals surface area contributed by atoms with Crippen LogP contribution in [0.3, 0.4) is 0 Å². The first kappa shape index (κ1) is 49.4. The summed E-state index contributed by atoms with van der Waals surface area (Å²) in [5.74, 6) is -5.01. The molecule has 67 heavy (non-hydrogen) atoms. The Morgan fingerprint density at radius 1 is 0.955 bits per heavy atom. The zero-order valence-corrected chi connectivity index (χ0v) is 39.8. The number of hydrogen-bond acceptors (Lipinski definition) is 18. The van der Waals surface area contributed by atoms with Crippen LogP contribution in [0.5, 0.6) is 0 Å². The van der Waals surface area contributed by atoms with E-state index in [1.807, 2.05) is 0 Å². The minimum Gasteiger partial charge on any atom is -0.454 e. The van der Waals surface area contributed by atoms with E-state index < -0.39 is 124 Å². The van der Waals surface area contributed by atoms with E-state index in [-0.39, 0.29) is 29.7 Å². The van der Waals surface area contributed by atoms with Crippen molar-refractivity contribution in [2.24, 2.45) is 16.7 Å². The smallest absolute Gasteiger partial charge is 0.454 e. The maximum Gasteiger partial charge on any atom is 0.509 e. The Labute approximate surface area is 392 Å². The van der Waals surface area contributed by atoms with Crippen molar-refractivity contribution in [1.29, 1.82) is 0 Å². The molecule has 2 N–H and O–H groups in total. The first-order valence-corrected chi connectivity index (χ1v) is 23.0. The zero-order chi connectivity index (χ0) is 49.0. The van der Waals surface area contributed by atoms with E-state index in [0.29, 0.717) is 11.3 Å². The number of thioether (sulfide) groups is 1. The van der Waals surface area contributed by atoms with Gasteiger partial charge in [0.05, 0.1) is 29.5 Å².